The van der Waals surface area contributed by atoms with E-state index in [-0.39, 0.29) is 21.8 Å². The summed E-state index contributed by atoms with van der Waals surface area (Å²) in [5.74, 6) is 0. The number of para-hydroxylation sites is 5. The highest BCUT2D eigenvalue weighted by atomic mass is 15.0. The van der Waals surface area contributed by atoms with Gasteiger partial charge in [0.25, 0.3) is 0 Å². The van der Waals surface area contributed by atoms with Crippen molar-refractivity contribution in [3.8, 4) is 28.2 Å². The maximum Gasteiger partial charge on any atom is 0.0645 e. The van der Waals surface area contributed by atoms with Crippen LogP contribution in [0.3, 0.4) is 0 Å². The normalized spacial score (nSPS) is 17.1. The first-order valence-electron chi connectivity index (χ1n) is 25.5. The Bertz CT molecular complexity index is 4200. The first kappa shape index (κ1) is 15.4. The molecule has 0 bridgehead atoms. The lowest BCUT2D eigenvalue weighted by molar-refractivity contribution is 1.15. The molecule has 0 saturated carbocycles. The monoisotopic (exact) mass is 668 g/mol. The van der Waals surface area contributed by atoms with Crippen LogP contribution in [-0.2, 0) is 0 Å². The van der Waals surface area contributed by atoms with E-state index < -0.39 is 153 Å². The molecular formula is C48H31N3. The molecule has 11 rings (SSSR count). The molecule has 0 saturated heterocycles. The van der Waals surface area contributed by atoms with Gasteiger partial charge < -0.3 is 13.7 Å². The van der Waals surface area contributed by atoms with Crippen LogP contribution in [0.2, 0.25) is 0 Å². The van der Waals surface area contributed by atoms with Crippen LogP contribution in [-0.4, -0.2) is 13.7 Å². The van der Waals surface area contributed by atoms with Gasteiger partial charge in [0, 0.05) is 49.4 Å². The van der Waals surface area contributed by atoms with Gasteiger partial charge in [0.15, 0.2) is 0 Å². The van der Waals surface area contributed by atoms with Gasteiger partial charge in [0.1, 0.15) is 0 Å². The van der Waals surface area contributed by atoms with Gasteiger partial charge in [0.05, 0.1) is 59.1 Å². The Morgan fingerprint density at radius 1 is 0.314 bits per heavy atom. The molecule has 3 heterocycles. The number of hydrogen-bond acceptors (Lipinski definition) is 0. The zero-order valence-corrected chi connectivity index (χ0v) is 26.3. The minimum atomic E-state index is -0.852. The summed E-state index contributed by atoms with van der Waals surface area (Å²) in [6, 6.07) is 8.73. The van der Waals surface area contributed by atoms with Crippen molar-refractivity contribution in [2.45, 2.75) is 0 Å². The molecule has 0 aliphatic rings. The molecule has 0 radical (unpaired) electrons. The second-order valence-corrected chi connectivity index (χ2v) is 11.9. The molecule has 238 valence electrons. The third kappa shape index (κ3) is 4.12. The highest BCUT2D eigenvalue weighted by Gasteiger charge is 2.18. The number of aromatic nitrogens is 3. The van der Waals surface area contributed by atoms with Crippen LogP contribution in [0.15, 0.2) is 188 Å². The lowest BCUT2D eigenvalue weighted by Crippen LogP contribution is -1.96. The van der Waals surface area contributed by atoms with Gasteiger partial charge in [-0.15, -0.1) is 0 Å². The number of benzene rings is 8. The Morgan fingerprint density at radius 3 is 1.53 bits per heavy atom. The number of fused-ring (bicyclic) bond motifs is 9. The third-order valence-electron chi connectivity index (χ3n) is 9.21. The summed E-state index contributed by atoms with van der Waals surface area (Å²) in [6.45, 7) is 0. The van der Waals surface area contributed by atoms with E-state index in [1.807, 2.05) is 65.2 Å². The van der Waals surface area contributed by atoms with Gasteiger partial charge in [-0.2, -0.15) is 0 Å². The first-order chi connectivity index (χ1) is 33.2. The Balaban J connectivity index is 1.30. The minimum Gasteiger partial charge on any atom is -0.309 e. The zero-order valence-electron chi connectivity index (χ0n) is 45.3. The minimum absolute atomic E-state index is 0.132. The molecule has 3 heteroatoms. The maximum atomic E-state index is 9.91. The summed E-state index contributed by atoms with van der Waals surface area (Å²) in [5.41, 5.74) is -0.395. The SMILES string of the molecule is [2H]c1c([2H])c([2H])c(-n2c3c([2H])c([2H])c([2H])c([2H])c3c3c([2H])c(-c4c([2H])c([2H])c5c(c4[2H])c4c([2H])c([2H])c([2H])c([2H])c4n5-c4ccc5c6ccccc6n(-c6ccccc6)c5c4)c([2H])c([2H])c32)c([2H])c1[2H]. The van der Waals surface area contributed by atoms with Gasteiger partial charge in [-0.25, -0.2) is 0 Å². The molecule has 0 atom stereocenters. The van der Waals surface area contributed by atoms with Crippen LogP contribution in [0.4, 0.5) is 0 Å². The highest BCUT2D eigenvalue weighted by molar-refractivity contribution is 6.14. The van der Waals surface area contributed by atoms with Crippen LogP contribution in [0.25, 0.3) is 93.6 Å². The number of hydrogen-bond donors (Lipinski definition) is 0. The molecule has 0 aliphatic heterocycles. The summed E-state index contributed by atoms with van der Waals surface area (Å²) in [6.07, 6.45) is 0. The van der Waals surface area contributed by atoms with E-state index in [4.69, 9.17) is 15.1 Å². The van der Waals surface area contributed by atoms with Gasteiger partial charge in [-0.3, -0.25) is 0 Å². The fourth-order valence-corrected chi connectivity index (χ4v) is 7.07. The maximum absolute atomic E-state index is 9.91. The third-order valence-corrected chi connectivity index (χ3v) is 9.21. The fourth-order valence-electron chi connectivity index (χ4n) is 7.07. The van der Waals surface area contributed by atoms with Crippen molar-refractivity contribution >= 4 is 65.4 Å². The van der Waals surface area contributed by atoms with Crippen LogP contribution >= 0.6 is 0 Å². The molecule has 8 aromatic carbocycles. The summed E-state index contributed by atoms with van der Waals surface area (Å²) in [7, 11) is 0. The van der Waals surface area contributed by atoms with Gasteiger partial charge in [0.2, 0.25) is 0 Å². The Morgan fingerprint density at radius 2 is 0.843 bits per heavy atom. The summed E-state index contributed by atoms with van der Waals surface area (Å²) >= 11 is 0. The number of nitrogens with zero attached hydrogens (tertiary/aromatic N) is 3. The van der Waals surface area contributed by atoms with Crippen LogP contribution < -0.4 is 0 Å². The molecular weight excluding hydrogens is 619 g/mol. The van der Waals surface area contributed by atoms with E-state index in [0.717, 1.165) is 26.5 Å². The summed E-state index contributed by atoms with van der Waals surface area (Å²) in [5, 5.41) is 0.442. The van der Waals surface area contributed by atoms with E-state index in [9.17, 15) is 11.0 Å². The molecule has 11 aromatic rings. The van der Waals surface area contributed by atoms with E-state index in [2.05, 4.69) is 0 Å². The molecule has 0 aliphatic carbocycles. The zero-order chi connectivity index (χ0) is 50.0. The molecule has 3 aromatic heterocycles. The van der Waals surface area contributed by atoms with Crippen molar-refractivity contribution in [2.75, 3.05) is 0 Å². The highest BCUT2D eigenvalue weighted by Crippen LogP contribution is 2.40. The van der Waals surface area contributed by atoms with Gasteiger partial charge in [-0.05, 0) is 89.8 Å². The van der Waals surface area contributed by atoms with Gasteiger partial charge >= 0.3 is 0 Å². The van der Waals surface area contributed by atoms with E-state index in [0.29, 0.717) is 11.2 Å². The predicted octanol–water partition coefficient (Wildman–Crippen LogP) is 12.6. The second kappa shape index (κ2) is 10.8. The van der Waals surface area contributed by atoms with E-state index in [1.54, 1.807) is 12.1 Å². The Hall–Kier alpha value is -6.84. The average molecular weight is 669 g/mol. The summed E-state index contributed by atoms with van der Waals surface area (Å²) in [4.78, 5) is 0. The molecule has 3 nitrogen and oxygen atoms in total. The lowest BCUT2D eigenvalue weighted by Gasteiger charge is -2.11. The molecule has 0 fully saturated rings. The molecule has 0 amide bonds. The quantitative estimate of drug-likeness (QED) is 0.177. The van der Waals surface area contributed by atoms with E-state index in [1.165, 1.54) is 4.57 Å². The Labute approximate surface area is 321 Å². The van der Waals surface area contributed by atoms with Gasteiger partial charge in [-0.1, -0.05) is 109 Å². The van der Waals surface area contributed by atoms with Crippen molar-refractivity contribution in [2.24, 2.45) is 0 Å². The largest absolute Gasteiger partial charge is 0.309 e. The lowest BCUT2D eigenvalue weighted by atomic mass is 10.0. The Kier molecular flexibility index (Phi) is 3.26. The van der Waals surface area contributed by atoms with Crippen LogP contribution in [0.1, 0.15) is 26.0 Å². The standard InChI is InChI=1S/C48H31N3/c1-3-13-34(14-4-1)49-44-21-11-8-18-38(44)41-29-32(23-27-46(41)49)33-24-28-47-42(30-33)39-19-9-12-22-45(39)51(47)36-25-26-40-37-17-7-10-20-43(37)50(48(40)31-36)35-15-5-2-6-16-35/h1-31H/i1D,3D,4D,8D,9D,11D,12D,13D,14D,18D,19D,21D,22D,23D,24D,27D,28D,29D,30D. The molecule has 51 heavy (non-hydrogen) atoms. The summed E-state index contributed by atoms with van der Waals surface area (Å²) < 4.78 is 176. The van der Waals surface area contributed by atoms with Crippen molar-refractivity contribution in [1.29, 1.82) is 0 Å². The van der Waals surface area contributed by atoms with Crippen molar-refractivity contribution in [3.63, 3.8) is 0 Å². The molecule has 0 unspecified atom stereocenters. The van der Waals surface area contributed by atoms with Crippen molar-refractivity contribution < 1.29 is 26.0 Å². The topological polar surface area (TPSA) is 14.8 Å². The fraction of sp³-hybridized carbons (Fsp3) is 0. The smallest absolute Gasteiger partial charge is 0.0645 e. The predicted molar refractivity (Wildman–Crippen MR) is 215 cm³/mol. The van der Waals surface area contributed by atoms with Crippen molar-refractivity contribution in [1.82, 2.24) is 13.7 Å². The molecule has 0 N–H and O–H groups in total. The second-order valence-electron chi connectivity index (χ2n) is 11.9. The first-order valence-corrected chi connectivity index (χ1v) is 16.0. The number of rotatable bonds is 4. The van der Waals surface area contributed by atoms with Crippen LogP contribution in [0, 0.1) is 0 Å². The van der Waals surface area contributed by atoms with E-state index >= 15 is 0 Å². The van der Waals surface area contributed by atoms with Crippen LogP contribution in [0.5, 0.6) is 0 Å². The van der Waals surface area contributed by atoms with Crippen molar-refractivity contribution in [3.05, 3.63) is 188 Å². The molecule has 0 spiro atoms. The average Bonchev–Trinajstić information content (AvgIpc) is 4.02.